The molecule has 1 atom stereocenters. The molecule has 0 radical (unpaired) electrons. The maximum Gasteiger partial charge on any atom is 0.220 e. The van der Waals surface area contributed by atoms with Gasteiger partial charge in [-0.25, -0.2) is 19.3 Å². The number of H-pyrrole nitrogens is 1. The molecule has 0 amide bonds. The Morgan fingerprint density at radius 2 is 2.10 bits per heavy atom. The van der Waals surface area contributed by atoms with Crippen molar-refractivity contribution in [2.75, 3.05) is 19.5 Å². The summed E-state index contributed by atoms with van der Waals surface area (Å²) in [6.45, 7) is 0.497. The summed E-state index contributed by atoms with van der Waals surface area (Å²) in [6.07, 6.45) is 2.26. The van der Waals surface area contributed by atoms with Crippen molar-refractivity contribution in [1.82, 2.24) is 19.9 Å². The molecule has 1 aliphatic heterocycles. The molecule has 2 aromatic carbocycles. The van der Waals surface area contributed by atoms with E-state index in [1.54, 1.807) is 19.2 Å². The summed E-state index contributed by atoms with van der Waals surface area (Å²) in [5.41, 5.74) is 8.73. The average molecular weight is 391 g/mol. The molecule has 3 N–H and O–H groups in total. The Labute approximate surface area is 165 Å². The van der Waals surface area contributed by atoms with Crippen molar-refractivity contribution < 1.29 is 13.9 Å². The Kier molecular flexibility index (Phi) is 4.04. The summed E-state index contributed by atoms with van der Waals surface area (Å²) in [5.74, 6) is 2.12. The van der Waals surface area contributed by atoms with Crippen LogP contribution in [0.1, 0.15) is 17.3 Å². The summed E-state index contributed by atoms with van der Waals surface area (Å²) >= 11 is 0. The topological polar surface area (TPSA) is 98.9 Å². The highest BCUT2D eigenvalue weighted by atomic mass is 19.1. The van der Waals surface area contributed by atoms with Gasteiger partial charge in [0.25, 0.3) is 0 Å². The van der Waals surface area contributed by atoms with E-state index in [0.717, 1.165) is 29.3 Å². The maximum atomic E-state index is 14.7. The quantitative estimate of drug-likeness (QED) is 0.555. The molecule has 2 aromatic heterocycles. The predicted molar refractivity (Wildman–Crippen MR) is 106 cm³/mol. The van der Waals surface area contributed by atoms with Crippen molar-refractivity contribution in [2.24, 2.45) is 0 Å². The Bertz CT molecular complexity index is 1220. The summed E-state index contributed by atoms with van der Waals surface area (Å²) in [4.78, 5) is 15.9. The monoisotopic (exact) mass is 391 g/mol. The van der Waals surface area contributed by atoms with Crippen LogP contribution in [0.3, 0.4) is 0 Å². The zero-order valence-electron chi connectivity index (χ0n) is 15.6. The number of nitrogen functional groups attached to an aromatic ring is 1. The molecular weight excluding hydrogens is 373 g/mol. The molecule has 0 saturated carbocycles. The largest absolute Gasteiger partial charge is 0.497 e. The van der Waals surface area contributed by atoms with Crippen LogP contribution in [0.25, 0.3) is 22.3 Å². The van der Waals surface area contributed by atoms with Gasteiger partial charge in [-0.15, -0.1) is 0 Å². The van der Waals surface area contributed by atoms with Gasteiger partial charge in [0.05, 0.1) is 36.4 Å². The van der Waals surface area contributed by atoms with E-state index < -0.39 is 5.82 Å². The van der Waals surface area contributed by atoms with E-state index in [9.17, 15) is 4.39 Å². The number of methoxy groups -OCH3 is 1. The van der Waals surface area contributed by atoms with Gasteiger partial charge in [-0.05, 0) is 42.3 Å². The van der Waals surface area contributed by atoms with Crippen molar-refractivity contribution in [3.8, 4) is 22.8 Å². The molecular formula is C21H18FN5O2. The normalized spacial score (nSPS) is 15.7. The van der Waals surface area contributed by atoms with Gasteiger partial charge < -0.3 is 20.2 Å². The van der Waals surface area contributed by atoms with Gasteiger partial charge >= 0.3 is 0 Å². The van der Waals surface area contributed by atoms with Crippen molar-refractivity contribution in [3.05, 3.63) is 59.8 Å². The standard InChI is InChI=1S/C21H18FN5O2/c1-28-13-2-3-19-11(7-13)6-12(10-29-19)20-25-17-8-14(15(22)9-18(17)26-20)16-4-5-24-21(23)27-16/h2-5,7-9,12H,6,10H2,1H3,(H,25,26)(H2,23,24,27). The number of benzene rings is 2. The minimum Gasteiger partial charge on any atom is -0.497 e. The van der Waals surface area contributed by atoms with E-state index in [-0.39, 0.29) is 11.9 Å². The molecule has 5 rings (SSSR count). The number of nitrogens with two attached hydrogens (primary N) is 1. The number of ether oxygens (including phenoxy) is 2. The highest BCUT2D eigenvalue weighted by Gasteiger charge is 2.25. The third kappa shape index (κ3) is 3.12. The lowest BCUT2D eigenvalue weighted by Gasteiger charge is -2.24. The summed E-state index contributed by atoms with van der Waals surface area (Å²) in [6, 6.07) is 10.5. The average Bonchev–Trinajstić information content (AvgIpc) is 3.15. The van der Waals surface area contributed by atoms with E-state index in [2.05, 4.69) is 15.0 Å². The fraction of sp³-hybridized carbons (Fsp3) is 0.190. The number of aromatic nitrogens is 4. The zero-order chi connectivity index (χ0) is 20.0. The van der Waals surface area contributed by atoms with E-state index in [4.69, 9.17) is 20.2 Å². The van der Waals surface area contributed by atoms with Crippen molar-refractivity contribution in [3.63, 3.8) is 0 Å². The number of imidazole rings is 1. The number of hydrogen-bond donors (Lipinski definition) is 2. The van der Waals surface area contributed by atoms with E-state index in [1.807, 2.05) is 18.2 Å². The van der Waals surface area contributed by atoms with Crippen LogP contribution in [-0.4, -0.2) is 33.7 Å². The highest BCUT2D eigenvalue weighted by molar-refractivity contribution is 5.81. The number of aromatic amines is 1. The van der Waals surface area contributed by atoms with Gasteiger partial charge in [0.15, 0.2) is 0 Å². The second-order valence-corrected chi connectivity index (χ2v) is 6.96. The van der Waals surface area contributed by atoms with Gasteiger partial charge in [-0.2, -0.15) is 0 Å². The Morgan fingerprint density at radius 1 is 1.21 bits per heavy atom. The first kappa shape index (κ1) is 17.4. The first-order valence-electron chi connectivity index (χ1n) is 9.18. The molecule has 146 valence electrons. The number of rotatable bonds is 3. The third-order valence-corrected chi connectivity index (χ3v) is 5.10. The van der Waals surface area contributed by atoms with E-state index >= 15 is 0 Å². The van der Waals surface area contributed by atoms with Crippen LogP contribution >= 0.6 is 0 Å². The van der Waals surface area contributed by atoms with Crippen molar-refractivity contribution in [1.29, 1.82) is 0 Å². The van der Waals surface area contributed by atoms with Crippen LogP contribution in [0.5, 0.6) is 11.5 Å². The second kappa shape index (κ2) is 6.73. The van der Waals surface area contributed by atoms with Gasteiger partial charge in [-0.1, -0.05) is 0 Å². The first-order valence-corrected chi connectivity index (χ1v) is 9.18. The van der Waals surface area contributed by atoms with Crippen LogP contribution in [0.2, 0.25) is 0 Å². The number of nitrogens with one attached hydrogen (secondary N) is 1. The molecule has 0 spiro atoms. The van der Waals surface area contributed by atoms with Gasteiger partial charge in [0.2, 0.25) is 5.95 Å². The fourth-order valence-corrected chi connectivity index (χ4v) is 3.64. The highest BCUT2D eigenvalue weighted by Crippen LogP contribution is 2.35. The summed E-state index contributed by atoms with van der Waals surface area (Å²) < 4.78 is 25.9. The van der Waals surface area contributed by atoms with Crippen LogP contribution in [-0.2, 0) is 6.42 Å². The number of fused-ring (bicyclic) bond motifs is 2. The smallest absolute Gasteiger partial charge is 0.220 e. The van der Waals surface area contributed by atoms with Gasteiger partial charge in [-0.3, -0.25) is 0 Å². The molecule has 0 saturated heterocycles. The number of halogens is 1. The van der Waals surface area contributed by atoms with Crippen molar-refractivity contribution >= 4 is 17.0 Å². The van der Waals surface area contributed by atoms with Crippen LogP contribution in [0.15, 0.2) is 42.6 Å². The van der Waals surface area contributed by atoms with Gasteiger partial charge in [0, 0.05) is 17.8 Å². The minimum atomic E-state index is -0.402. The molecule has 1 aliphatic rings. The van der Waals surface area contributed by atoms with Crippen LogP contribution in [0, 0.1) is 5.82 Å². The number of anilines is 1. The summed E-state index contributed by atoms with van der Waals surface area (Å²) in [7, 11) is 1.64. The van der Waals surface area contributed by atoms with Gasteiger partial charge in [0.1, 0.15) is 23.1 Å². The number of hydrogen-bond acceptors (Lipinski definition) is 6. The lowest BCUT2D eigenvalue weighted by molar-refractivity contribution is 0.257. The fourth-order valence-electron chi connectivity index (χ4n) is 3.64. The maximum absolute atomic E-state index is 14.7. The van der Waals surface area contributed by atoms with Crippen LogP contribution in [0.4, 0.5) is 10.3 Å². The Balaban J connectivity index is 1.50. The van der Waals surface area contributed by atoms with E-state index in [0.29, 0.717) is 28.9 Å². The third-order valence-electron chi connectivity index (χ3n) is 5.10. The van der Waals surface area contributed by atoms with Crippen LogP contribution < -0.4 is 15.2 Å². The molecule has 7 nitrogen and oxygen atoms in total. The lowest BCUT2D eigenvalue weighted by atomic mass is 9.96. The van der Waals surface area contributed by atoms with Crippen molar-refractivity contribution in [2.45, 2.75) is 12.3 Å². The molecule has 8 heteroatoms. The SMILES string of the molecule is COc1ccc2c(c1)CC(c1nc3cc(-c4ccnc(N)n4)c(F)cc3[nH]1)CO2. The first-order chi connectivity index (χ1) is 14.1. The Morgan fingerprint density at radius 3 is 2.93 bits per heavy atom. The minimum absolute atomic E-state index is 0.0308. The molecule has 1 unspecified atom stereocenters. The lowest BCUT2D eigenvalue weighted by Crippen LogP contribution is -2.20. The molecule has 4 aromatic rings. The Hall–Kier alpha value is -3.68. The molecule has 0 aliphatic carbocycles. The molecule has 3 heterocycles. The predicted octanol–water partition coefficient (Wildman–Crippen LogP) is 3.47. The zero-order valence-corrected chi connectivity index (χ0v) is 15.6. The molecule has 0 bridgehead atoms. The summed E-state index contributed by atoms with van der Waals surface area (Å²) in [5, 5.41) is 0. The van der Waals surface area contributed by atoms with E-state index in [1.165, 1.54) is 12.3 Å². The molecule has 0 fully saturated rings. The molecule has 29 heavy (non-hydrogen) atoms. The second-order valence-electron chi connectivity index (χ2n) is 6.96. The number of nitrogens with zero attached hydrogens (tertiary/aromatic N) is 3.